The minimum Gasteiger partial charge on any atom is -0.497 e. The molecule has 0 aliphatic carbocycles. The zero-order valence-electron chi connectivity index (χ0n) is 14.9. The average Bonchev–Trinajstić information content (AvgIpc) is 2.77. The molecular formula is C20H16N4O4. The van der Waals surface area contributed by atoms with Gasteiger partial charge in [0.2, 0.25) is 0 Å². The molecule has 0 aliphatic heterocycles. The van der Waals surface area contributed by atoms with Crippen molar-refractivity contribution in [1.82, 2.24) is 4.98 Å². The maximum atomic E-state index is 12.0. The smallest absolute Gasteiger partial charge is 0.362 e. The first-order chi connectivity index (χ1) is 13.7. The SMILES string of the molecule is COc1ccc(C(=O)ONc2ccc(N=NC(=O)c3ccccn3)cc2)cc1. The van der Waals surface area contributed by atoms with Crippen LogP contribution in [0.5, 0.6) is 5.75 Å². The number of azo groups is 1. The van der Waals surface area contributed by atoms with Gasteiger partial charge in [-0.1, -0.05) is 6.07 Å². The van der Waals surface area contributed by atoms with E-state index in [1.54, 1.807) is 73.8 Å². The van der Waals surface area contributed by atoms with E-state index in [0.29, 0.717) is 22.7 Å². The standard InChI is InChI=1S/C20H16N4O4/c1-27-17-11-5-14(6-12-17)20(26)28-24-16-9-7-15(8-10-16)22-23-19(25)18-4-2-3-13-21-18/h2-13,24H,1H3. The highest BCUT2D eigenvalue weighted by Crippen LogP contribution is 2.18. The Balaban J connectivity index is 1.54. The highest BCUT2D eigenvalue weighted by Gasteiger charge is 2.08. The van der Waals surface area contributed by atoms with Crippen LogP contribution in [0.25, 0.3) is 0 Å². The quantitative estimate of drug-likeness (QED) is 0.511. The number of anilines is 1. The largest absolute Gasteiger partial charge is 0.497 e. The first kappa shape index (κ1) is 18.7. The van der Waals surface area contributed by atoms with E-state index >= 15 is 0 Å². The molecule has 3 rings (SSSR count). The number of methoxy groups -OCH3 is 1. The van der Waals surface area contributed by atoms with Gasteiger partial charge in [-0.15, -0.1) is 10.2 Å². The van der Waals surface area contributed by atoms with Gasteiger partial charge in [0.05, 0.1) is 24.0 Å². The predicted molar refractivity (Wildman–Crippen MR) is 102 cm³/mol. The van der Waals surface area contributed by atoms with Crippen LogP contribution < -0.4 is 10.2 Å². The van der Waals surface area contributed by atoms with Gasteiger partial charge in [-0.05, 0) is 60.7 Å². The second-order valence-electron chi connectivity index (χ2n) is 5.49. The van der Waals surface area contributed by atoms with E-state index < -0.39 is 11.9 Å². The van der Waals surface area contributed by atoms with Crippen molar-refractivity contribution in [2.24, 2.45) is 10.2 Å². The van der Waals surface area contributed by atoms with Crippen molar-refractivity contribution in [3.05, 3.63) is 84.2 Å². The summed E-state index contributed by atoms with van der Waals surface area (Å²) in [6, 6.07) is 18.0. The lowest BCUT2D eigenvalue weighted by atomic mass is 10.2. The van der Waals surface area contributed by atoms with Gasteiger partial charge in [-0.25, -0.2) is 10.3 Å². The molecule has 3 aromatic rings. The molecule has 140 valence electrons. The summed E-state index contributed by atoms with van der Waals surface area (Å²) in [6.07, 6.45) is 1.51. The molecule has 1 heterocycles. The lowest BCUT2D eigenvalue weighted by Gasteiger charge is -2.07. The third kappa shape index (κ3) is 4.98. The molecule has 1 amide bonds. The molecule has 28 heavy (non-hydrogen) atoms. The fourth-order valence-corrected chi connectivity index (χ4v) is 2.13. The number of carbonyl (C=O) groups is 2. The summed E-state index contributed by atoms with van der Waals surface area (Å²) in [5.74, 6) is -0.417. The fraction of sp³-hybridized carbons (Fsp3) is 0.0500. The molecule has 0 spiro atoms. The predicted octanol–water partition coefficient (Wildman–Crippen LogP) is 4.20. The van der Waals surface area contributed by atoms with Gasteiger partial charge in [0, 0.05) is 6.20 Å². The highest BCUT2D eigenvalue weighted by molar-refractivity contribution is 5.92. The van der Waals surface area contributed by atoms with Crippen LogP contribution >= 0.6 is 0 Å². The summed E-state index contributed by atoms with van der Waals surface area (Å²) in [4.78, 5) is 32.8. The number of ether oxygens (including phenoxy) is 1. The molecule has 0 saturated heterocycles. The van der Waals surface area contributed by atoms with Crippen LogP contribution in [0.3, 0.4) is 0 Å². The maximum Gasteiger partial charge on any atom is 0.362 e. The molecule has 1 N–H and O–H groups in total. The molecule has 8 heteroatoms. The van der Waals surface area contributed by atoms with E-state index in [4.69, 9.17) is 9.57 Å². The monoisotopic (exact) mass is 376 g/mol. The Hall–Kier alpha value is -4.07. The Morgan fingerprint density at radius 3 is 2.36 bits per heavy atom. The van der Waals surface area contributed by atoms with Gasteiger partial charge >= 0.3 is 11.9 Å². The summed E-state index contributed by atoms with van der Waals surface area (Å²) in [6.45, 7) is 0. The van der Waals surface area contributed by atoms with Crippen LogP contribution in [0.15, 0.2) is 83.2 Å². The van der Waals surface area contributed by atoms with E-state index in [1.165, 1.54) is 6.20 Å². The third-order valence-electron chi connectivity index (χ3n) is 3.59. The van der Waals surface area contributed by atoms with Crippen molar-refractivity contribution in [3.8, 4) is 5.75 Å². The lowest BCUT2D eigenvalue weighted by Crippen LogP contribution is -2.10. The molecule has 0 atom stereocenters. The van der Waals surface area contributed by atoms with Crippen molar-refractivity contribution in [3.63, 3.8) is 0 Å². The summed E-state index contributed by atoms with van der Waals surface area (Å²) in [5, 5.41) is 7.50. The number of carbonyl (C=O) groups excluding carboxylic acids is 2. The summed E-state index contributed by atoms with van der Waals surface area (Å²) in [5.41, 5.74) is 4.17. The lowest BCUT2D eigenvalue weighted by molar-refractivity contribution is 0.0596. The molecule has 0 unspecified atom stereocenters. The normalized spacial score (nSPS) is 10.5. The third-order valence-corrected chi connectivity index (χ3v) is 3.59. The van der Waals surface area contributed by atoms with E-state index in [1.807, 2.05) is 0 Å². The average molecular weight is 376 g/mol. The minimum atomic E-state index is -0.535. The molecule has 0 bridgehead atoms. The molecule has 1 aromatic heterocycles. The van der Waals surface area contributed by atoms with E-state index in [-0.39, 0.29) is 5.69 Å². The van der Waals surface area contributed by atoms with Gasteiger partial charge in [-0.3, -0.25) is 9.78 Å². The topological polar surface area (TPSA) is 102 Å². The second kappa shape index (κ2) is 9.04. The summed E-state index contributed by atoms with van der Waals surface area (Å²) in [7, 11) is 1.55. The summed E-state index contributed by atoms with van der Waals surface area (Å²) >= 11 is 0. The highest BCUT2D eigenvalue weighted by atomic mass is 16.7. The Bertz CT molecular complexity index is 971. The van der Waals surface area contributed by atoms with Gasteiger partial charge in [0.1, 0.15) is 11.4 Å². The maximum absolute atomic E-state index is 12.0. The van der Waals surface area contributed by atoms with Gasteiger partial charge in [0.25, 0.3) is 0 Å². The van der Waals surface area contributed by atoms with Crippen LogP contribution in [0.1, 0.15) is 20.8 Å². The Labute approximate surface area is 160 Å². The number of aromatic nitrogens is 1. The molecule has 0 aliphatic rings. The first-order valence-corrected chi connectivity index (χ1v) is 8.24. The number of hydrogen-bond donors (Lipinski definition) is 1. The van der Waals surface area contributed by atoms with Gasteiger partial charge in [0.15, 0.2) is 0 Å². The number of nitrogens with one attached hydrogen (secondary N) is 1. The minimum absolute atomic E-state index is 0.218. The van der Waals surface area contributed by atoms with Crippen LogP contribution in [-0.2, 0) is 4.84 Å². The Morgan fingerprint density at radius 1 is 0.964 bits per heavy atom. The van der Waals surface area contributed by atoms with Gasteiger partial charge in [-0.2, -0.15) is 0 Å². The summed E-state index contributed by atoms with van der Waals surface area (Å²) < 4.78 is 5.04. The molecule has 0 fully saturated rings. The number of rotatable bonds is 6. The fourth-order valence-electron chi connectivity index (χ4n) is 2.13. The zero-order chi connectivity index (χ0) is 19.8. The van der Waals surface area contributed by atoms with Crippen molar-refractivity contribution in [2.75, 3.05) is 12.6 Å². The Kier molecular flexibility index (Phi) is 6.04. The molecule has 8 nitrogen and oxygen atoms in total. The van der Waals surface area contributed by atoms with E-state index in [2.05, 4.69) is 20.7 Å². The molecule has 0 saturated carbocycles. The second-order valence-corrected chi connectivity index (χ2v) is 5.49. The van der Waals surface area contributed by atoms with E-state index in [0.717, 1.165) is 0 Å². The zero-order valence-corrected chi connectivity index (χ0v) is 14.9. The number of amides is 1. The van der Waals surface area contributed by atoms with Crippen LogP contribution in [0.2, 0.25) is 0 Å². The molecular weight excluding hydrogens is 360 g/mol. The van der Waals surface area contributed by atoms with Crippen molar-refractivity contribution < 1.29 is 19.2 Å². The van der Waals surface area contributed by atoms with Crippen molar-refractivity contribution >= 4 is 23.3 Å². The number of pyridine rings is 1. The van der Waals surface area contributed by atoms with E-state index in [9.17, 15) is 9.59 Å². The van der Waals surface area contributed by atoms with Crippen molar-refractivity contribution in [1.29, 1.82) is 0 Å². The number of benzene rings is 2. The van der Waals surface area contributed by atoms with Crippen LogP contribution in [0.4, 0.5) is 11.4 Å². The van der Waals surface area contributed by atoms with Crippen LogP contribution in [0, 0.1) is 0 Å². The van der Waals surface area contributed by atoms with Crippen LogP contribution in [-0.4, -0.2) is 24.0 Å². The Morgan fingerprint density at radius 2 is 1.71 bits per heavy atom. The van der Waals surface area contributed by atoms with Crippen molar-refractivity contribution in [2.45, 2.75) is 0 Å². The molecule has 0 radical (unpaired) electrons. The van der Waals surface area contributed by atoms with Gasteiger partial charge < -0.3 is 9.57 Å². The first-order valence-electron chi connectivity index (χ1n) is 8.24. The molecule has 2 aromatic carbocycles. The number of hydrogen-bond acceptors (Lipinski definition) is 7. The number of nitrogens with zero attached hydrogens (tertiary/aromatic N) is 3.